The summed E-state index contributed by atoms with van der Waals surface area (Å²) >= 11 is 1.45. The van der Waals surface area contributed by atoms with Crippen LogP contribution >= 0.6 is 11.8 Å². The summed E-state index contributed by atoms with van der Waals surface area (Å²) in [5.74, 6) is -1.32. The average molecular weight is 358 g/mol. The lowest BCUT2D eigenvalue weighted by molar-refractivity contribution is -0.140. The molecule has 0 bridgehead atoms. The van der Waals surface area contributed by atoms with E-state index in [0.29, 0.717) is 12.2 Å². The maximum absolute atomic E-state index is 12.0. The summed E-state index contributed by atoms with van der Waals surface area (Å²) in [5.41, 5.74) is 5.35. The van der Waals surface area contributed by atoms with Crippen LogP contribution in [0.1, 0.15) is 33.1 Å². The lowest BCUT2D eigenvalue weighted by Crippen LogP contribution is -2.40. The molecule has 8 heteroatoms. The van der Waals surface area contributed by atoms with Crippen LogP contribution in [0.5, 0.6) is 0 Å². The largest absolute Gasteiger partial charge is 0.480 e. The van der Waals surface area contributed by atoms with E-state index >= 15 is 0 Å². The summed E-state index contributed by atoms with van der Waals surface area (Å²) < 4.78 is 0. The van der Waals surface area contributed by atoms with Crippen molar-refractivity contribution in [1.29, 1.82) is 0 Å². The van der Waals surface area contributed by atoms with Crippen molar-refractivity contribution in [1.82, 2.24) is 5.32 Å². The predicted molar refractivity (Wildman–Crippen MR) is 92.8 cm³/mol. The number of nitrogens with one attached hydrogen (secondary N) is 1. The molecule has 0 spiro atoms. The van der Waals surface area contributed by atoms with Crippen molar-refractivity contribution in [3.05, 3.63) is 12.2 Å². The van der Waals surface area contributed by atoms with E-state index in [1.807, 2.05) is 13.8 Å². The van der Waals surface area contributed by atoms with E-state index in [2.05, 4.69) is 5.32 Å². The molecule has 0 heterocycles. The minimum atomic E-state index is -1.08. The minimum Gasteiger partial charge on any atom is -0.480 e. The molecule has 1 saturated carbocycles. The van der Waals surface area contributed by atoms with Crippen LogP contribution in [0.4, 0.5) is 0 Å². The SMILES string of the molecule is CC1(C)C[C@H]1C(=O)NC(/C=C/CCCSC[C@H](N)C(=O)O)C(=O)O. The Hall–Kier alpha value is -1.54. The number of carboxylic acid groups (broad SMARTS) is 2. The van der Waals surface area contributed by atoms with Gasteiger partial charge in [-0.05, 0) is 30.4 Å². The maximum Gasteiger partial charge on any atom is 0.330 e. The molecule has 5 N–H and O–H groups in total. The molecule has 0 aliphatic heterocycles. The topological polar surface area (TPSA) is 130 Å². The summed E-state index contributed by atoms with van der Waals surface area (Å²) in [4.78, 5) is 33.7. The number of unbranched alkanes of at least 4 members (excludes halogenated alkanes) is 1. The van der Waals surface area contributed by atoms with Crippen LogP contribution in [0.25, 0.3) is 0 Å². The van der Waals surface area contributed by atoms with Gasteiger partial charge in [-0.15, -0.1) is 0 Å². The highest BCUT2D eigenvalue weighted by Crippen LogP contribution is 2.51. The zero-order valence-electron chi connectivity index (χ0n) is 14.0. The molecule has 0 saturated heterocycles. The van der Waals surface area contributed by atoms with E-state index < -0.39 is 24.0 Å². The zero-order valence-corrected chi connectivity index (χ0v) is 14.8. The highest BCUT2D eigenvalue weighted by Gasteiger charge is 2.50. The lowest BCUT2D eigenvalue weighted by Gasteiger charge is -2.11. The third-order valence-corrected chi connectivity index (χ3v) is 5.17. The number of rotatable bonds is 11. The quantitative estimate of drug-likeness (QED) is 0.321. The molecular formula is C16H26N2O5S. The Bertz CT molecular complexity index is 507. The number of carbonyl (C=O) groups excluding carboxylic acids is 1. The Morgan fingerprint density at radius 1 is 1.33 bits per heavy atom. The first-order valence-corrected chi connectivity index (χ1v) is 9.06. The first-order chi connectivity index (χ1) is 11.1. The van der Waals surface area contributed by atoms with Crippen LogP contribution in [0.15, 0.2) is 12.2 Å². The number of aliphatic carboxylic acids is 2. The average Bonchev–Trinajstić information content (AvgIpc) is 3.13. The van der Waals surface area contributed by atoms with Gasteiger partial charge in [-0.3, -0.25) is 9.59 Å². The molecule has 0 radical (unpaired) electrons. The number of allylic oxidation sites excluding steroid dienone is 1. The molecule has 24 heavy (non-hydrogen) atoms. The molecule has 7 nitrogen and oxygen atoms in total. The Balaban J connectivity index is 2.25. The van der Waals surface area contributed by atoms with Gasteiger partial charge in [0.2, 0.25) is 5.91 Å². The molecule has 136 valence electrons. The Kier molecular flexibility index (Phi) is 7.75. The standard InChI is InChI=1S/C16H26N2O5S/c1-16(2)8-10(16)13(19)18-12(15(22)23)6-4-3-5-7-24-9-11(17)14(20)21/h4,6,10-12H,3,5,7-9,17H2,1-2H3,(H,18,19)(H,20,21)(H,22,23)/b6-4+/t10-,11-,12?/m0/s1. The Morgan fingerprint density at radius 3 is 2.46 bits per heavy atom. The van der Waals surface area contributed by atoms with Crippen molar-refractivity contribution >= 4 is 29.6 Å². The first kappa shape index (κ1) is 20.5. The molecule has 0 aromatic carbocycles. The predicted octanol–water partition coefficient (Wildman–Crippen LogP) is 1.08. The van der Waals surface area contributed by atoms with E-state index in [4.69, 9.17) is 15.9 Å². The molecule has 0 aromatic rings. The fourth-order valence-electron chi connectivity index (χ4n) is 2.18. The molecule has 1 unspecified atom stereocenters. The Labute approximate surface area is 146 Å². The van der Waals surface area contributed by atoms with Crippen molar-refractivity contribution in [3.8, 4) is 0 Å². The first-order valence-electron chi connectivity index (χ1n) is 7.91. The second-order valence-corrected chi connectivity index (χ2v) is 7.81. The van der Waals surface area contributed by atoms with Gasteiger partial charge in [-0.25, -0.2) is 4.79 Å². The van der Waals surface area contributed by atoms with E-state index in [9.17, 15) is 14.4 Å². The minimum absolute atomic E-state index is 0.0368. The third-order valence-electron chi connectivity index (χ3n) is 4.00. The number of carboxylic acids is 2. The van der Waals surface area contributed by atoms with E-state index in [1.165, 1.54) is 17.8 Å². The smallest absolute Gasteiger partial charge is 0.330 e. The van der Waals surface area contributed by atoms with Crippen LogP contribution in [0.3, 0.4) is 0 Å². The fourth-order valence-corrected chi connectivity index (χ4v) is 3.11. The van der Waals surface area contributed by atoms with Gasteiger partial charge in [0.15, 0.2) is 0 Å². The van der Waals surface area contributed by atoms with Gasteiger partial charge in [0.1, 0.15) is 12.1 Å². The number of hydrogen-bond donors (Lipinski definition) is 4. The van der Waals surface area contributed by atoms with Crippen LogP contribution in [0.2, 0.25) is 0 Å². The maximum atomic E-state index is 12.0. The zero-order chi connectivity index (χ0) is 18.3. The second-order valence-electron chi connectivity index (χ2n) is 6.66. The van der Waals surface area contributed by atoms with Crippen molar-refractivity contribution in [2.24, 2.45) is 17.1 Å². The van der Waals surface area contributed by atoms with Crippen LogP contribution < -0.4 is 11.1 Å². The normalized spacial score (nSPS) is 21.2. The van der Waals surface area contributed by atoms with E-state index in [0.717, 1.165) is 18.6 Å². The van der Waals surface area contributed by atoms with E-state index in [-0.39, 0.29) is 17.2 Å². The highest BCUT2D eigenvalue weighted by atomic mass is 32.2. The van der Waals surface area contributed by atoms with Gasteiger partial charge in [-0.2, -0.15) is 11.8 Å². The molecule has 0 aromatic heterocycles. The number of nitrogens with two attached hydrogens (primary N) is 1. The number of hydrogen-bond acceptors (Lipinski definition) is 5. The van der Waals surface area contributed by atoms with Gasteiger partial charge in [0.05, 0.1) is 0 Å². The van der Waals surface area contributed by atoms with Gasteiger partial charge < -0.3 is 21.3 Å². The van der Waals surface area contributed by atoms with Gasteiger partial charge >= 0.3 is 11.9 Å². The Morgan fingerprint density at radius 2 is 1.96 bits per heavy atom. The summed E-state index contributed by atoms with van der Waals surface area (Å²) in [5, 5.41) is 20.4. The fraction of sp³-hybridized carbons (Fsp3) is 0.688. The summed E-state index contributed by atoms with van der Waals surface area (Å²) in [6.07, 6.45) is 5.44. The van der Waals surface area contributed by atoms with Crippen molar-refractivity contribution in [3.63, 3.8) is 0 Å². The summed E-state index contributed by atoms with van der Waals surface area (Å²) in [7, 11) is 0. The number of amides is 1. The molecule has 1 rings (SSSR count). The number of carbonyl (C=O) groups is 3. The van der Waals surface area contributed by atoms with E-state index in [1.54, 1.807) is 6.08 Å². The lowest BCUT2D eigenvalue weighted by atomic mass is 10.1. The number of thioether (sulfide) groups is 1. The molecular weight excluding hydrogens is 332 g/mol. The molecule has 1 amide bonds. The molecule has 3 atom stereocenters. The van der Waals surface area contributed by atoms with Gasteiger partial charge in [0.25, 0.3) is 0 Å². The monoisotopic (exact) mass is 358 g/mol. The summed E-state index contributed by atoms with van der Waals surface area (Å²) in [6.45, 7) is 3.97. The van der Waals surface area contributed by atoms with Crippen LogP contribution in [-0.4, -0.2) is 51.6 Å². The van der Waals surface area contributed by atoms with Crippen molar-refractivity contribution in [2.75, 3.05) is 11.5 Å². The summed E-state index contributed by atoms with van der Waals surface area (Å²) in [6, 6.07) is -1.87. The molecule has 1 aliphatic rings. The van der Waals surface area contributed by atoms with Gasteiger partial charge in [0, 0.05) is 11.7 Å². The van der Waals surface area contributed by atoms with Crippen molar-refractivity contribution < 1.29 is 24.6 Å². The highest BCUT2D eigenvalue weighted by molar-refractivity contribution is 7.99. The van der Waals surface area contributed by atoms with Crippen LogP contribution in [0, 0.1) is 11.3 Å². The molecule has 1 fully saturated rings. The van der Waals surface area contributed by atoms with Gasteiger partial charge in [-0.1, -0.05) is 26.0 Å². The van der Waals surface area contributed by atoms with Crippen molar-refractivity contribution in [2.45, 2.75) is 45.2 Å². The third kappa shape index (κ3) is 6.92. The molecule has 1 aliphatic carbocycles. The second kappa shape index (κ2) is 9.08. The van der Waals surface area contributed by atoms with Crippen LogP contribution in [-0.2, 0) is 14.4 Å².